The van der Waals surface area contributed by atoms with Crippen LogP contribution in [0.3, 0.4) is 0 Å². The Bertz CT molecular complexity index is 187. The van der Waals surface area contributed by atoms with Gasteiger partial charge in [0.2, 0.25) is 0 Å². The van der Waals surface area contributed by atoms with Gasteiger partial charge in [-0.05, 0) is 65.8 Å². The summed E-state index contributed by atoms with van der Waals surface area (Å²) < 4.78 is 0. The van der Waals surface area contributed by atoms with Crippen molar-refractivity contribution in [2.75, 3.05) is 39.1 Å². The second kappa shape index (κ2) is 9.35. The van der Waals surface area contributed by atoms with E-state index >= 15 is 0 Å². The SMILES string of the molecule is CN(CCCCCBr)CCC1CCCCN1C. The van der Waals surface area contributed by atoms with E-state index in [-0.39, 0.29) is 0 Å². The van der Waals surface area contributed by atoms with Gasteiger partial charge in [-0.1, -0.05) is 28.8 Å². The van der Waals surface area contributed by atoms with Gasteiger partial charge in [0, 0.05) is 11.4 Å². The summed E-state index contributed by atoms with van der Waals surface area (Å²) in [6.07, 6.45) is 9.62. The van der Waals surface area contributed by atoms with Gasteiger partial charge in [-0.15, -0.1) is 0 Å². The van der Waals surface area contributed by atoms with Gasteiger partial charge >= 0.3 is 0 Å². The lowest BCUT2D eigenvalue weighted by molar-refractivity contribution is 0.160. The molecule has 0 spiro atoms. The summed E-state index contributed by atoms with van der Waals surface area (Å²) in [6, 6.07) is 0.841. The Morgan fingerprint density at radius 2 is 2.00 bits per heavy atom. The minimum Gasteiger partial charge on any atom is -0.306 e. The van der Waals surface area contributed by atoms with Crippen LogP contribution in [0.2, 0.25) is 0 Å². The van der Waals surface area contributed by atoms with Crippen molar-refractivity contribution in [3.05, 3.63) is 0 Å². The fourth-order valence-corrected chi connectivity index (χ4v) is 3.04. The van der Waals surface area contributed by atoms with E-state index in [0.29, 0.717) is 0 Å². The molecule has 1 aliphatic rings. The highest BCUT2D eigenvalue weighted by atomic mass is 79.9. The Hall–Kier alpha value is 0.400. The van der Waals surface area contributed by atoms with Crippen molar-refractivity contribution in [3.8, 4) is 0 Å². The fraction of sp³-hybridized carbons (Fsp3) is 1.00. The predicted molar refractivity (Wildman–Crippen MR) is 80.0 cm³/mol. The van der Waals surface area contributed by atoms with Crippen LogP contribution in [-0.4, -0.2) is 54.9 Å². The minimum atomic E-state index is 0.841. The van der Waals surface area contributed by atoms with Crippen LogP contribution in [0.15, 0.2) is 0 Å². The molecule has 1 heterocycles. The molecule has 0 bridgehead atoms. The van der Waals surface area contributed by atoms with E-state index in [9.17, 15) is 0 Å². The Morgan fingerprint density at radius 3 is 2.71 bits per heavy atom. The molecule has 17 heavy (non-hydrogen) atoms. The van der Waals surface area contributed by atoms with Crippen molar-refractivity contribution < 1.29 is 0 Å². The van der Waals surface area contributed by atoms with Crippen molar-refractivity contribution in [2.45, 2.75) is 51.0 Å². The molecule has 0 radical (unpaired) electrons. The van der Waals surface area contributed by atoms with Crippen molar-refractivity contribution in [2.24, 2.45) is 0 Å². The maximum Gasteiger partial charge on any atom is 0.0104 e. The molecular formula is C14H29BrN2. The second-order valence-electron chi connectivity index (χ2n) is 5.47. The molecule has 0 amide bonds. The summed E-state index contributed by atoms with van der Waals surface area (Å²) in [5.41, 5.74) is 0. The molecule has 1 saturated heterocycles. The third-order valence-electron chi connectivity index (χ3n) is 3.94. The van der Waals surface area contributed by atoms with Gasteiger partial charge in [0.1, 0.15) is 0 Å². The Labute approximate surface area is 116 Å². The molecule has 0 saturated carbocycles. The van der Waals surface area contributed by atoms with Crippen LogP contribution >= 0.6 is 15.9 Å². The average Bonchev–Trinajstić information content (AvgIpc) is 2.34. The van der Waals surface area contributed by atoms with E-state index in [2.05, 4.69) is 39.8 Å². The Morgan fingerprint density at radius 1 is 1.18 bits per heavy atom. The maximum absolute atomic E-state index is 3.49. The molecule has 0 aliphatic carbocycles. The van der Waals surface area contributed by atoms with Crippen LogP contribution in [0.25, 0.3) is 0 Å². The molecule has 1 rings (SSSR count). The lowest BCUT2D eigenvalue weighted by Gasteiger charge is -2.33. The summed E-state index contributed by atoms with van der Waals surface area (Å²) >= 11 is 3.49. The zero-order valence-corrected chi connectivity index (χ0v) is 13.2. The monoisotopic (exact) mass is 304 g/mol. The quantitative estimate of drug-likeness (QED) is 0.501. The van der Waals surface area contributed by atoms with Gasteiger partial charge in [-0.25, -0.2) is 0 Å². The number of likely N-dealkylation sites (tertiary alicyclic amines) is 1. The van der Waals surface area contributed by atoms with E-state index in [4.69, 9.17) is 0 Å². The highest BCUT2D eigenvalue weighted by Crippen LogP contribution is 2.17. The standard InChI is InChI=1S/C14H29BrN2/c1-16(11-6-3-5-10-15)13-9-14-8-4-7-12-17(14)2/h14H,3-13H2,1-2H3. The first-order valence-electron chi connectivity index (χ1n) is 7.19. The molecule has 0 aromatic rings. The van der Waals surface area contributed by atoms with E-state index in [1.165, 1.54) is 64.6 Å². The third kappa shape index (κ3) is 6.78. The zero-order chi connectivity index (χ0) is 12.5. The first kappa shape index (κ1) is 15.5. The van der Waals surface area contributed by atoms with Crippen molar-refractivity contribution in [1.82, 2.24) is 9.80 Å². The summed E-state index contributed by atoms with van der Waals surface area (Å²) in [7, 11) is 4.57. The molecule has 1 fully saturated rings. The average molecular weight is 305 g/mol. The fourth-order valence-electron chi connectivity index (χ4n) is 2.64. The zero-order valence-electron chi connectivity index (χ0n) is 11.6. The van der Waals surface area contributed by atoms with E-state index in [0.717, 1.165) is 11.4 Å². The van der Waals surface area contributed by atoms with E-state index in [1.807, 2.05) is 0 Å². The van der Waals surface area contributed by atoms with Gasteiger partial charge in [0.25, 0.3) is 0 Å². The summed E-state index contributed by atoms with van der Waals surface area (Å²) in [5, 5.41) is 1.16. The van der Waals surface area contributed by atoms with Crippen LogP contribution < -0.4 is 0 Å². The van der Waals surface area contributed by atoms with Crippen LogP contribution in [0.4, 0.5) is 0 Å². The molecule has 3 heteroatoms. The number of halogens is 1. The molecule has 0 aromatic heterocycles. The van der Waals surface area contributed by atoms with Crippen LogP contribution in [0.1, 0.15) is 44.9 Å². The van der Waals surface area contributed by atoms with Crippen LogP contribution in [0.5, 0.6) is 0 Å². The van der Waals surface area contributed by atoms with Crippen molar-refractivity contribution >= 4 is 15.9 Å². The largest absolute Gasteiger partial charge is 0.306 e. The van der Waals surface area contributed by atoms with Crippen molar-refractivity contribution in [3.63, 3.8) is 0 Å². The number of unbranched alkanes of at least 4 members (excludes halogenated alkanes) is 2. The lowest BCUT2D eigenvalue weighted by Crippen LogP contribution is -2.38. The van der Waals surface area contributed by atoms with Gasteiger partial charge in [0.05, 0.1) is 0 Å². The number of alkyl halides is 1. The van der Waals surface area contributed by atoms with E-state index in [1.54, 1.807) is 0 Å². The summed E-state index contributed by atoms with van der Waals surface area (Å²) in [5.74, 6) is 0. The Balaban J connectivity index is 2.03. The molecule has 1 unspecified atom stereocenters. The smallest absolute Gasteiger partial charge is 0.0104 e. The number of piperidine rings is 1. The Kier molecular flexibility index (Phi) is 8.50. The lowest BCUT2D eigenvalue weighted by atomic mass is 10.00. The maximum atomic E-state index is 3.49. The molecule has 102 valence electrons. The second-order valence-corrected chi connectivity index (χ2v) is 6.26. The molecular weight excluding hydrogens is 276 g/mol. The normalized spacial score (nSPS) is 22.2. The third-order valence-corrected chi connectivity index (χ3v) is 4.50. The molecule has 0 N–H and O–H groups in total. The number of rotatable bonds is 8. The molecule has 0 aromatic carbocycles. The van der Waals surface area contributed by atoms with Gasteiger partial charge in [-0.2, -0.15) is 0 Å². The molecule has 1 atom stereocenters. The predicted octanol–water partition coefficient (Wildman–Crippen LogP) is 3.36. The topological polar surface area (TPSA) is 6.48 Å². The van der Waals surface area contributed by atoms with E-state index < -0.39 is 0 Å². The number of nitrogens with zero attached hydrogens (tertiary/aromatic N) is 2. The highest BCUT2D eigenvalue weighted by Gasteiger charge is 2.18. The number of hydrogen-bond acceptors (Lipinski definition) is 2. The summed E-state index contributed by atoms with van der Waals surface area (Å²) in [4.78, 5) is 5.07. The number of hydrogen-bond donors (Lipinski definition) is 0. The van der Waals surface area contributed by atoms with Gasteiger partial charge < -0.3 is 9.80 Å². The molecule has 1 aliphatic heterocycles. The first-order chi connectivity index (χ1) is 8.24. The minimum absolute atomic E-state index is 0.841. The molecule has 2 nitrogen and oxygen atoms in total. The first-order valence-corrected chi connectivity index (χ1v) is 8.31. The van der Waals surface area contributed by atoms with Crippen LogP contribution in [-0.2, 0) is 0 Å². The highest BCUT2D eigenvalue weighted by molar-refractivity contribution is 9.09. The summed E-state index contributed by atoms with van der Waals surface area (Å²) in [6.45, 7) is 3.84. The van der Waals surface area contributed by atoms with Crippen molar-refractivity contribution in [1.29, 1.82) is 0 Å². The van der Waals surface area contributed by atoms with Gasteiger partial charge in [0.15, 0.2) is 0 Å². The van der Waals surface area contributed by atoms with Crippen LogP contribution in [0, 0.1) is 0 Å². The van der Waals surface area contributed by atoms with Gasteiger partial charge in [-0.3, -0.25) is 0 Å².